The lowest BCUT2D eigenvalue weighted by atomic mass is 10.1. The Labute approximate surface area is 109 Å². The van der Waals surface area contributed by atoms with Crippen molar-refractivity contribution in [2.75, 3.05) is 13.2 Å². The Balaban J connectivity index is 1.97. The van der Waals surface area contributed by atoms with Crippen LogP contribution >= 0.6 is 0 Å². The van der Waals surface area contributed by atoms with E-state index in [1.165, 1.54) is 0 Å². The monoisotopic (exact) mass is 250 g/mol. The Hall–Kier alpha value is -1.13. The first-order chi connectivity index (χ1) is 8.75. The van der Waals surface area contributed by atoms with Crippen LogP contribution in [0.2, 0.25) is 0 Å². The minimum Gasteiger partial charge on any atom is -0.474 e. The van der Waals surface area contributed by atoms with Gasteiger partial charge in [-0.1, -0.05) is 19.9 Å². The zero-order valence-electron chi connectivity index (χ0n) is 11.2. The molecule has 1 N–H and O–H groups in total. The molecule has 0 aliphatic carbocycles. The van der Waals surface area contributed by atoms with Gasteiger partial charge in [0.05, 0.1) is 13.2 Å². The summed E-state index contributed by atoms with van der Waals surface area (Å²) in [5.74, 6) is 0.762. The lowest BCUT2D eigenvalue weighted by Gasteiger charge is -2.24. The standard InChI is InChI=1S/C14H22N2O2/c1-11(2)16-10-12-4-3-7-15-14(12)18-13-5-8-17-9-6-13/h3-4,7,11,13,16H,5-6,8-10H2,1-2H3. The fourth-order valence-electron chi connectivity index (χ4n) is 1.93. The third kappa shape index (κ3) is 3.96. The fourth-order valence-corrected chi connectivity index (χ4v) is 1.93. The van der Waals surface area contributed by atoms with Gasteiger partial charge in [0.2, 0.25) is 5.88 Å². The lowest BCUT2D eigenvalue weighted by molar-refractivity contribution is 0.0232. The van der Waals surface area contributed by atoms with Crippen molar-refractivity contribution in [1.82, 2.24) is 10.3 Å². The largest absolute Gasteiger partial charge is 0.474 e. The number of rotatable bonds is 5. The van der Waals surface area contributed by atoms with E-state index in [0.717, 1.165) is 44.0 Å². The average molecular weight is 250 g/mol. The maximum Gasteiger partial charge on any atom is 0.218 e. The number of nitrogens with one attached hydrogen (secondary N) is 1. The van der Waals surface area contributed by atoms with Crippen molar-refractivity contribution in [3.8, 4) is 5.88 Å². The van der Waals surface area contributed by atoms with E-state index in [0.29, 0.717) is 6.04 Å². The number of nitrogens with zero attached hydrogens (tertiary/aromatic N) is 1. The molecule has 100 valence electrons. The summed E-state index contributed by atoms with van der Waals surface area (Å²) in [7, 11) is 0. The zero-order valence-corrected chi connectivity index (χ0v) is 11.2. The summed E-state index contributed by atoms with van der Waals surface area (Å²) in [6.07, 6.45) is 3.93. The third-order valence-corrected chi connectivity index (χ3v) is 3.00. The van der Waals surface area contributed by atoms with E-state index in [9.17, 15) is 0 Å². The summed E-state index contributed by atoms with van der Waals surface area (Å²) >= 11 is 0. The normalized spacial score (nSPS) is 17.1. The van der Waals surface area contributed by atoms with Crippen LogP contribution in [0.4, 0.5) is 0 Å². The second-order valence-corrected chi connectivity index (χ2v) is 4.93. The highest BCUT2D eigenvalue weighted by Gasteiger charge is 2.17. The summed E-state index contributed by atoms with van der Waals surface area (Å²) in [6, 6.07) is 4.48. The molecule has 0 atom stereocenters. The van der Waals surface area contributed by atoms with E-state index < -0.39 is 0 Å². The molecule has 0 amide bonds. The molecule has 18 heavy (non-hydrogen) atoms. The summed E-state index contributed by atoms with van der Waals surface area (Å²) in [4.78, 5) is 4.35. The predicted octanol–water partition coefficient (Wildman–Crippen LogP) is 2.14. The molecule has 1 aromatic rings. The first-order valence-corrected chi connectivity index (χ1v) is 6.67. The number of hydrogen-bond acceptors (Lipinski definition) is 4. The average Bonchev–Trinajstić information content (AvgIpc) is 2.39. The molecule has 1 saturated heterocycles. The summed E-state index contributed by atoms with van der Waals surface area (Å²) in [6.45, 7) is 6.64. The molecule has 0 radical (unpaired) electrons. The van der Waals surface area contributed by atoms with Gasteiger partial charge < -0.3 is 14.8 Å². The smallest absolute Gasteiger partial charge is 0.218 e. The van der Waals surface area contributed by atoms with Crippen molar-refractivity contribution in [2.24, 2.45) is 0 Å². The van der Waals surface area contributed by atoms with Crippen LogP contribution in [0.15, 0.2) is 18.3 Å². The molecular weight excluding hydrogens is 228 g/mol. The molecule has 0 bridgehead atoms. The Morgan fingerprint density at radius 3 is 2.94 bits per heavy atom. The molecule has 1 fully saturated rings. The first-order valence-electron chi connectivity index (χ1n) is 6.67. The maximum atomic E-state index is 5.99. The number of aromatic nitrogens is 1. The SMILES string of the molecule is CC(C)NCc1cccnc1OC1CCOCC1. The second-order valence-electron chi connectivity index (χ2n) is 4.93. The molecule has 1 aromatic heterocycles. The Morgan fingerprint density at radius 1 is 1.44 bits per heavy atom. The van der Waals surface area contributed by atoms with Gasteiger partial charge in [-0.15, -0.1) is 0 Å². The van der Waals surface area contributed by atoms with Gasteiger partial charge in [-0.05, 0) is 6.07 Å². The van der Waals surface area contributed by atoms with Crippen molar-refractivity contribution in [1.29, 1.82) is 0 Å². The number of hydrogen-bond donors (Lipinski definition) is 1. The Bertz CT molecular complexity index is 363. The quantitative estimate of drug-likeness (QED) is 0.869. The summed E-state index contributed by atoms with van der Waals surface area (Å²) < 4.78 is 11.3. The molecule has 2 heterocycles. The van der Waals surface area contributed by atoms with Crippen molar-refractivity contribution in [2.45, 2.75) is 45.4 Å². The van der Waals surface area contributed by atoms with Crippen LogP contribution in [0.5, 0.6) is 5.88 Å². The number of pyridine rings is 1. The molecule has 0 unspecified atom stereocenters. The van der Waals surface area contributed by atoms with Crippen LogP contribution in [-0.2, 0) is 11.3 Å². The zero-order chi connectivity index (χ0) is 12.8. The Kier molecular flexibility index (Phi) is 4.96. The van der Waals surface area contributed by atoms with Crippen LogP contribution in [0.25, 0.3) is 0 Å². The van der Waals surface area contributed by atoms with Gasteiger partial charge >= 0.3 is 0 Å². The minimum atomic E-state index is 0.242. The van der Waals surface area contributed by atoms with E-state index in [1.807, 2.05) is 6.07 Å². The van der Waals surface area contributed by atoms with Crippen molar-refractivity contribution in [3.05, 3.63) is 23.9 Å². The van der Waals surface area contributed by atoms with Crippen LogP contribution in [-0.4, -0.2) is 30.3 Å². The molecule has 0 saturated carbocycles. The minimum absolute atomic E-state index is 0.242. The maximum absolute atomic E-state index is 5.99. The lowest BCUT2D eigenvalue weighted by Crippen LogP contribution is -2.27. The van der Waals surface area contributed by atoms with Crippen molar-refractivity contribution in [3.63, 3.8) is 0 Å². The molecule has 4 nitrogen and oxygen atoms in total. The van der Waals surface area contributed by atoms with Crippen molar-refractivity contribution >= 4 is 0 Å². The van der Waals surface area contributed by atoms with Gasteiger partial charge in [0.15, 0.2) is 0 Å². The predicted molar refractivity (Wildman–Crippen MR) is 70.7 cm³/mol. The fraction of sp³-hybridized carbons (Fsp3) is 0.643. The molecule has 2 rings (SSSR count). The Morgan fingerprint density at radius 2 is 2.22 bits per heavy atom. The third-order valence-electron chi connectivity index (χ3n) is 3.00. The molecule has 0 aromatic carbocycles. The van der Waals surface area contributed by atoms with Gasteiger partial charge in [0, 0.05) is 37.2 Å². The van der Waals surface area contributed by atoms with Gasteiger partial charge in [0.1, 0.15) is 6.10 Å². The molecule has 1 aliphatic rings. The molecule has 0 spiro atoms. The van der Waals surface area contributed by atoms with Crippen LogP contribution in [0.1, 0.15) is 32.3 Å². The highest BCUT2D eigenvalue weighted by atomic mass is 16.5. The van der Waals surface area contributed by atoms with E-state index in [2.05, 4.69) is 30.2 Å². The van der Waals surface area contributed by atoms with E-state index >= 15 is 0 Å². The van der Waals surface area contributed by atoms with Gasteiger partial charge in [-0.2, -0.15) is 0 Å². The molecule has 4 heteroatoms. The van der Waals surface area contributed by atoms with Crippen molar-refractivity contribution < 1.29 is 9.47 Å². The van der Waals surface area contributed by atoms with Crippen LogP contribution < -0.4 is 10.1 Å². The summed E-state index contributed by atoms with van der Waals surface area (Å²) in [5.41, 5.74) is 1.12. The first kappa shape index (κ1) is 13.3. The number of ether oxygens (including phenoxy) is 2. The second kappa shape index (κ2) is 6.71. The van der Waals surface area contributed by atoms with E-state index in [1.54, 1.807) is 6.20 Å². The van der Waals surface area contributed by atoms with Gasteiger partial charge in [0.25, 0.3) is 0 Å². The topological polar surface area (TPSA) is 43.4 Å². The molecular formula is C14H22N2O2. The molecule has 1 aliphatic heterocycles. The highest BCUT2D eigenvalue weighted by Crippen LogP contribution is 2.19. The van der Waals surface area contributed by atoms with E-state index in [4.69, 9.17) is 9.47 Å². The highest BCUT2D eigenvalue weighted by molar-refractivity contribution is 5.25. The van der Waals surface area contributed by atoms with Gasteiger partial charge in [-0.3, -0.25) is 0 Å². The van der Waals surface area contributed by atoms with Crippen LogP contribution in [0, 0.1) is 0 Å². The summed E-state index contributed by atoms with van der Waals surface area (Å²) in [5, 5.41) is 3.39. The van der Waals surface area contributed by atoms with E-state index in [-0.39, 0.29) is 6.10 Å². The van der Waals surface area contributed by atoms with Crippen LogP contribution in [0.3, 0.4) is 0 Å². The van der Waals surface area contributed by atoms with Gasteiger partial charge in [-0.25, -0.2) is 4.98 Å².